The fourth-order valence-electron chi connectivity index (χ4n) is 1.98. The lowest BCUT2D eigenvalue weighted by Crippen LogP contribution is -2.09. The van der Waals surface area contributed by atoms with Crippen LogP contribution in [0, 0.1) is 13.8 Å². The normalized spacial score (nSPS) is 10.6. The summed E-state index contributed by atoms with van der Waals surface area (Å²) in [5, 5.41) is 0.623. The minimum atomic E-state index is -0.0357. The molecule has 0 fully saturated rings. The highest BCUT2D eigenvalue weighted by Crippen LogP contribution is 2.13. The molecule has 2 nitrogen and oxygen atoms in total. The molecule has 0 amide bonds. The number of halogens is 1. The van der Waals surface area contributed by atoms with Crippen molar-refractivity contribution in [2.24, 2.45) is 0 Å². The van der Waals surface area contributed by atoms with E-state index in [1.165, 1.54) is 11.1 Å². The van der Waals surface area contributed by atoms with Crippen LogP contribution in [-0.4, -0.2) is 12.4 Å². The average Bonchev–Trinajstić information content (AvgIpc) is 2.42. The van der Waals surface area contributed by atoms with Crippen LogP contribution in [-0.2, 0) is 11.3 Å². The molecule has 0 aliphatic heterocycles. The third kappa shape index (κ3) is 3.92. The molecule has 2 aromatic rings. The minimum absolute atomic E-state index is 0.0357. The number of benzene rings is 2. The Hall–Kier alpha value is -1.64. The van der Waals surface area contributed by atoms with Crippen molar-refractivity contribution in [3.63, 3.8) is 0 Å². The van der Waals surface area contributed by atoms with Gasteiger partial charge < -0.3 is 4.74 Å². The molecule has 104 valence electrons. The van der Waals surface area contributed by atoms with Gasteiger partial charge in [0.1, 0.15) is 6.61 Å². The van der Waals surface area contributed by atoms with Crippen LogP contribution in [0.15, 0.2) is 42.5 Å². The van der Waals surface area contributed by atoms with Crippen molar-refractivity contribution in [3.8, 4) is 0 Å². The van der Waals surface area contributed by atoms with E-state index in [-0.39, 0.29) is 12.4 Å². The van der Waals surface area contributed by atoms with Gasteiger partial charge in [-0.3, -0.25) is 4.79 Å². The van der Waals surface area contributed by atoms with Crippen LogP contribution in [0.2, 0.25) is 5.02 Å². The molecule has 0 aliphatic rings. The largest absolute Gasteiger partial charge is 0.369 e. The van der Waals surface area contributed by atoms with Crippen LogP contribution in [0.25, 0.3) is 0 Å². The van der Waals surface area contributed by atoms with Crippen LogP contribution in [0.1, 0.15) is 27.0 Å². The van der Waals surface area contributed by atoms with Crippen molar-refractivity contribution in [2.45, 2.75) is 20.5 Å². The monoisotopic (exact) mass is 288 g/mol. The van der Waals surface area contributed by atoms with Gasteiger partial charge in [0.25, 0.3) is 0 Å². The zero-order chi connectivity index (χ0) is 14.5. The van der Waals surface area contributed by atoms with Gasteiger partial charge in [-0.05, 0) is 49.2 Å². The summed E-state index contributed by atoms with van der Waals surface area (Å²) in [5.41, 5.74) is 4.14. The number of rotatable bonds is 5. The van der Waals surface area contributed by atoms with Gasteiger partial charge in [0.2, 0.25) is 0 Å². The topological polar surface area (TPSA) is 26.3 Å². The molecule has 2 rings (SSSR count). The Balaban J connectivity index is 1.89. The number of aryl methyl sites for hydroxylation is 2. The molecular formula is C17H17ClO2. The van der Waals surface area contributed by atoms with Gasteiger partial charge in [0.15, 0.2) is 5.78 Å². The van der Waals surface area contributed by atoms with E-state index in [0.717, 1.165) is 5.56 Å². The first-order valence-corrected chi connectivity index (χ1v) is 6.86. The van der Waals surface area contributed by atoms with Gasteiger partial charge >= 0.3 is 0 Å². The number of ketones is 1. The SMILES string of the molecule is Cc1ccc(COCC(=O)c2ccc(Cl)cc2)c(C)c1. The van der Waals surface area contributed by atoms with E-state index in [9.17, 15) is 4.79 Å². The van der Waals surface area contributed by atoms with Gasteiger partial charge in [0, 0.05) is 10.6 Å². The first-order valence-electron chi connectivity index (χ1n) is 6.49. The molecule has 0 aliphatic carbocycles. The summed E-state index contributed by atoms with van der Waals surface area (Å²) in [5.74, 6) is -0.0357. The molecule has 0 N–H and O–H groups in total. The van der Waals surface area contributed by atoms with Crippen LogP contribution in [0.5, 0.6) is 0 Å². The Labute approximate surface area is 124 Å². The summed E-state index contributed by atoms with van der Waals surface area (Å²) in [7, 11) is 0. The third-order valence-electron chi connectivity index (χ3n) is 3.16. The van der Waals surface area contributed by atoms with E-state index in [4.69, 9.17) is 16.3 Å². The standard InChI is InChI=1S/C17H17ClO2/c1-12-3-4-15(13(2)9-12)10-20-11-17(19)14-5-7-16(18)8-6-14/h3-9H,10-11H2,1-2H3. The molecule has 20 heavy (non-hydrogen) atoms. The summed E-state index contributed by atoms with van der Waals surface area (Å²) < 4.78 is 5.50. The van der Waals surface area contributed by atoms with Crippen molar-refractivity contribution in [3.05, 3.63) is 69.7 Å². The number of carbonyl (C=O) groups is 1. The van der Waals surface area contributed by atoms with Gasteiger partial charge in [-0.15, -0.1) is 0 Å². The van der Waals surface area contributed by atoms with Crippen molar-refractivity contribution in [2.75, 3.05) is 6.61 Å². The average molecular weight is 289 g/mol. The molecule has 0 saturated heterocycles. The number of carbonyl (C=O) groups excluding carboxylic acids is 1. The minimum Gasteiger partial charge on any atom is -0.369 e. The molecule has 0 saturated carbocycles. The number of hydrogen-bond donors (Lipinski definition) is 0. The lowest BCUT2D eigenvalue weighted by atomic mass is 10.1. The molecule has 0 heterocycles. The van der Waals surface area contributed by atoms with Crippen LogP contribution in [0.3, 0.4) is 0 Å². The Morgan fingerprint density at radius 1 is 1.10 bits per heavy atom. The second-order valence-corrected chi connectivity index (χ2v) is 5.29. The highest BCUT2D eigenvalue weighted by Gasteiger charge is 2.06. The van der Waals surface area contributed by atoms with Gasteiger partial charge in [0.05, 0.1) is 6.61 Å². The molecule has 0 aromatic heterocycles. The predicted molar refractivity (Wildman–Crippen MR) is 81.4 cm³/mol. The zero-order valence-corrected chi connectivity index (χ0v) is 12.4. The number of hydrogen-bond acceptors (Lipinski definition) is 2. The van der Waals surface area contributed by atoms with E-state index < -0.39 is 0 Å². The Kier molecular flexibility index (Phi) is 4.94. The molecule has 0 atom stereocenters. The quantitative estimate of drug-likeness (QED) is 0.764. The predicted octanol–water partition coefficient (Wildman–Crippen LogP) is 4.36. The second kappa shape index (κ2) is 6.69. The van der Waals surface area contributed by atoms with Crippen LogP contribution >= 0.6 is 11.6 Å². The van der Waals surface area contributed by atoms with Crippen LogP contribution in [0.4, 0.5) is 0 Å². The smallest absolute Gasteiger partial charge is 0.188 e. The first kappa shape index (κ1) is 14.8. The fraction of sp³-hybridized carbons (Fsp3) is 0.235. The molecule has 2 aromatic carbocycles. The summed E-state index contributed by atoms with van der Waals surface area (Å²) >= 11 is 5.79. The summed E-state index contributed by atoms with van der Waals surface area (Å²) in [4.78, 5) is 11.9. The van der Waals surface area contributed by atoms with E-state index in [1.807, 2.05) is 19.1 Å². The zero-order valence-electron chi connectivity index (χ0n) is 11.7. The third-order valence-corrected chi connectivity index (χ3v) is 3.41. The lowest BCUT2D eigenvalue weighted by molar-refractivity contribution is 0.0725. The maximum Gasteiger partial charge on any atom is 0.188 e. The highest BCUT2D eigenvalue weighted by molar-refractivity contribution is 6.30. The number of ether oxygens (including phenoxy) is 1. The van der Waals surface area contributed by atoms with Crippen molar-refractivity contribution in [1.82, 2.24) is 0 Å². The van der Waals surface area contributed by atoms with E-state index >= 15 is 0 Å². The Morgan fingerprint density at radius 3 is 2.45 bits per heavy atom. The lowest BCUT2D eigenvalue weighted by Gasteiger charge is -2.08. The second-order valence-electron chi connectivity index (χ2n) is 4.85. The van der Waals surface area contributed by atoms with Gasteiger partial charge in [-0.25, -0.2) is 0 Å². The molecule has 0 spiro atoms. The van der Waals surface area contributed by atoms with Gasteiger partial charge in [-0.2, -0.15) is 0 Å². The first-order chi connectivity index (χ1) is 9.56. The molecular weight excluding hydrogens is 272 g/mol. The van der Waals surface area contributed by atoms with E-state index in [2.05, 4.69) is 13.0 Å². The Bertz CT molecular complexity index is 603. The van der Waals surface area contributed by atoms with E-state index in [0.29, 0.717) is 17.2 Å². The highest BCUT2D eigenvalue weighted by atomic mass is 35.5. The van der Waals surface area contributed by atoms with Gasteiger partial charge in [-0.1, -0.05) is 35.4 Å². The molecule has 0 unspecified atom stereocenters. The summed E-state index contributed by atoms with van der Waals surface area (Å²) in [6, 6.07) is 13.0. The fourth-order valence-corrected chi connectivity index (χ4v) is 2.11. The Morgan fingerprint density at radius 2 is 1.80 bits per heavy atom. The van der Waals surface area contributed by atoms with Crippen LogP contribution < -0.4 is 0 Å². The maximum atomic E-state index is 11.9. The summed E-state index contributed by atoms with van der Waals surface area (Å²) in [6.07, 6.45) is 0. The molecule has 0 radical (unpaired) electrons. The van der Waals surface area contributed by atoms with Crippen molar-refractivity contribution in [1.29, 1.82) is 0 Å². The summed E-state index contributed by atoms with van der Waals surface area (Å²) in [6.45, 7) is 4.63. The van der Waals surface area contributed by atoms with Crippen molar-refractivity contribution >= 4 is 17.4 Å². The number of Topliss-reactive ketones (excluding diaryl/α,β-unsaturated/α-hetero) is 1. The maximum absolute atomic E-state index is 11.9. The van der Waals surface area contributed by atoms with Crippen molar-refractivity contribution < 1.29 is 9.53 Å². The molecule has 0 bridgehead atoms. The van der Waals surface area contributed by atoms with E-state index in [1.54, 1.807) is 24.3 Å². The molecule has 3 heteroatoms.